The molecule has 0 aliphatic heterocycles. The van der Waals surface area contributed by atoms with Crippen LogP contribution < -0.4 is 5.73 Å². The second-order valence-corrected chi connectivity index (χ2v) is 6.51. The normalized spacial score (nSPS) is 20.5. The van der Waals surface area contributed by atoms with Gasteiger partial charge in [0.25, 0.3) is 0 Å². The van der Waals surface area contributed by atoms with E-state index in [2.05, 4.69) is 24.9 Å². The molecular weight excluding hydrogens is 256 g/mol. The third kappa shape index (κ3) is 3.95. The van der Waals surface area contributed by atoms with Crippen LogP contribution in [0.25, 0.3) is 0 Å². The maximum absolute atomic E-state index is 6.54. The predicted octanol–water partition coefficient (Wildman–Crippen LogP) is 3.99. The SMILES string of the molecule is CC(c1cccc(Cl)c1)N(C)CC1(N)CCCCC1. The third-order valence-corrected chi connectivity index (χ3v) is 4.64. The van der Waals surface area contributed by atoms with Gasteiger partial charge >= 0.3 is 0 Å². The van der Waals surface area contributed by atoms with Gasteiger partial charge in [-0.3, -0.25) is 4.90 Å². The molecule has 0 heterocycles. The highest BCUT2D eigenvalue weighted by atomic mass is 35.5. The summed E-state index contributed by atoms with van der Waals surface area (Å²) in [6, 6.07) is 8.47. The van der Waals surface area contributed by atoms with Crippen LogP contribution in [0.4, 0.5) is 0 Å². The summed E-state index contributed by atoms with van der Waals surface area (Å²) >= 11 is 6.07. The van der Waals surface area contributed by atoms with Crippen molar-refractivity contribution in [2.45, 2.75) is 50.6 Å². The zero-order valence-electron chi connectivity index (χ0n) is 12.0. The number of likely N-dealkylation sites (N-methyl/N-ethyl adjacent to an activating group) is 1. The van der Waals surface area contributed by atoms with Gasteiger partial charge in [0.2, 0.25) is 0 Å². The third-order valence-electron chi connectivity index (χ3n) is 4.41. The Hall–Kier alpha value is -0.570. The summed E-state index contributed by atoms with van der Waals surface area (Å²) in [5, 5.41) is 0.804. The Balaban J connectivity index is 2.00. The summed E-state index contributed by atoms with van der Waals surface area (Å²) in [6.07, 6.45) is 6.19. The van der Waals surface area contributed by atoms with Crippen molar-refractivity contribution in [2.75, 3.05) is 13.6 Å². The number of rotatable bonds is 4. The van der Waals surface area contributed by atoms with E-state index in [4.69, 9.17) is 17.3 Å². The average Bonchev–Trinajstić information content (AvgIpc) is 2.38. The van der Waals surface area contributed by atoms with E-state index >= 15 is 0 Å². The van der Waals surface area contributed by atoms with E-state index in [-0.39, 0.29) is 5.54 Å². The first-order valence-electron chi connectivity index (χ1n) is 7.25. The Morgan fingerprint density at radius 3 is 2.63 bits per heavy atom. The van der Waals surface area contributed by atoms with Crippen LogP contribution in [0.5, 0.6) is 0 Å². The molecule has 0 radical (unpaired) electrons. The van der Waals surface area contributed by atoms with Crippen molar-refractivity contribution in [1.29, 1.82) is 0 Å². The van der Waals surface area contributed by atoms with Gasteiger partial charge in [0.15, 0.2) is 0 Å². The minimum atomic E-state index is -0.000164. The molecule has 1 saturated carbocycles. The lowest BCUT2D eigenvalue weighted by molar-refractivity contribution is 0.165. The summed E-state index contributed by atoms with van der Waals surface area (Å²) < 4.78 is 0. The fourth-order valence-electron chi connectivity index (χ4n) is 3.07. The molecule has 3 heteroatoms. The van der Waals surface area contributed by atoms with Gasteiger partial charge in [-0.25, -0.2) is 0 Å². The molecule has 1 aromatic carbocycles. The quantitative estimate of drug-likeness (QED) is 0.903. The molecule has 1 atom stereocenters. The highest BCUT2D eigenvalue weighted by Gasteiger charge is 2.30. The molecule has 1 fully saturated rings. The highest BCUT2D eigenvalue weighted by Crippen LogP contribution is 2.29. The lowest BCUT2D eigenvalue weighted by atomic mass is 9.82. The first kappa shape index (κ1) is 14.8. The van der Waals surface area contributed by atoms with Crippen LogP contribution in [0, 0.1) is 0 Å². The largest absolute Gasteiger partial charge is 0.324 e. The van der Waals surface area contributed by atoms with Crippen LogP contribution in [-0.4, -0.2) is 24.0 Å². The molecule has 106 valence electrons. The summed E-state index contributed by atoms with van der Waals surface area (Å²) in [4.78, 5) is 2.36. The van der Waals surface area contributed by atoms with Gasteiger partial charge in [-0.1, -0.05) is 43.0 Å². The fourth-order valence-corrected chi connectivity index (χ4v) is 3.27. The molecule has 0 aromatic heterocycles. The van der Waals surface area contributed by atoms with E-state index in [1.165, 1.54) is 24.8 Å². The molecule has 0 amide bonds. The van der Waals surface area contributed by atoms with Crippen LogP contribution in [-0.2, 0) is 0 Å². The summed E-state index contributed by atoms with van der Waals surface area (Å²) in [5.74, 6) is 0. The van der Waals surface area contributed by atoms with Gasteiger partial charge in [0.1, 0.15) is 0 Å². The minimum Gasteiger partial charge on any atom is -0.324 e. The van der Waals surface area contributed by atoms with E-state index in [0.717, 1.165) is 24.4 Å². The van der Waals surface area contributed by atoms with E-state index in [1.54, 1.807) is 0 Å². The molecule has 1 unspecified atom stereocenters. The summed E-state index contributed by atoms with van der Waals surface area (Å²) in [6.45, 7) is 3.18. The van der Waals surface area contributed by atoms with Gasteiger partial charge in [0, 0.05) is 23.1 Å². The Kier molecular flexibility index (Phi) is 4.88. The Morgan fingerprint density at radius 2 is 2.00 bits per heavy atom. The second kappa shape index (κ2) is 6.25. The minimum absolute atomic E-state index is 0.000164. The summed E-state index contributed by atoms with van der Waals surface area (Å²) in [5.41, 5.74) is 7.80. The van der Waals surface area contributed by atoms with Crippen molar-refractivity contribution in [3.8, 4) is 0 Å². The number of benzene rings is 1. The molecule has 1 aliphatic rings. The number of hydrogen-bond donors (Lipinski definition) is 1. The molecule has 0 bridgehead atoms. The molecule has 0 saturated heterocycles. The van der Waals surface area contributed by atoms with Crippen molar-refractivity contribution in [3.63, 3.8) is 0 Å². The van der Waals surface area contributed by atoms with Gasteiger partial charge in [-0.05, 0) is 44.5 Å². The van der Waals surface area contributed by atoms with E-state index < -0.39 is 0 Å². The molecular formula is C16H25ClN2. The smallest absolute Gasteiger partial charge is 0.0409 e. The topological polar surface area (TPSA) is 29.3 Å². The molecule has 1 aliphatic carbocycles. The van der Waals surface area contributed by atoms with E-state index in [0.29, 0.717) is 6.04 Å². The average molecular weight is 281 g/mol. The molecule has 2 nitrogen and oxygen atoms in total. The van der Waals surface area contributed by atoms with Gasteiger partial charge in [-0.15, -0.1) is 0 Å². The maximum atomic E-state index is 6.54. The zero-order valence-corrected chi connectivity index (χ0v) is 12.8. The van der Waals surface area contributed by atoms with Crippen molar-refractivity contribution in [1.82, 2.24) is 4.90 Å². The molecule has 1 aromatic rings. The predicted molar refractivity (Wildman–Crippen MR) is 82.5 cm³/mol. The van der Waals surface area contributed by atoms with Crippen LogP contribution in [0.1, 0.15) is 50.6 Å². The van der Waals surface area contributed by atoms with Gasteiger partial charge < -0.3 is 5.73 Å². The summed E-state index contributed by atoms with van der Waals surface area (Å²) in [7, 11) is 2.16. The Bertz CT molecular complexity index is 413. The lowest BCUT2D eigenvalue weighted by Gasteiger charge is -2.39. The van der Waals surface area contributed by atoms with Crippen LogP contribution in [0.15, 0.2) is 24.3 Å². The highest BCUT2D eigenvalue weighted by molar-refractivity contribution is 6.30. The maximum Gasteiger partial charge on any atom is 0.0409 e. The Labute approximate surface area is 121 Å². The number of nitrogens with zero attached hydrogens (tertiary/aromatic N) is 1. The van der Waals surface area contributed by atoms with Crippen molar-refractivity contribution < 1.29 is 0 Å². The van der Waals surface area contributed by atoms with Crippen LogP contribution >= 0.6 is 11.6 Å². The molecule has 2 N–H and O–H groups in total. The van der Waals surface area contributed by atoms with Crippen LogP contribution in [0.2, 0.25) is 5.02 Å². The standard InChI is InChI=1S/C16H25ClN2/c1-13(14-7-6-8-15(17)11-14)19(2)12-16(18)9-4-3-5-10-16/h6-8,11,13H,3-5,9-10,12,18H2,1-2H3. The first-order valence-corrected chi connectivity index (χ1v) is 7.63. The fraction of sp³-hybridized carbons (Fsp3) is 0.625. The van der Waals surface area contributed by atoms with Crippen LogP contribution in [0.3, 0.4) is 0 Å². The first-order chi connectivity index (χ1) is 9.00. The zero-order chi connectivity index (χ0) is 13.9. The lowest BCUT2D eigenvalue weighted by Crippen LogP contribution is -2.50. The number of nitrogens with two attached hydrogens (primary N) is 1. The van der Waals surface area contributed by atoms with Gasteiger partial charge in [-0.2, -0.15) is 0 Å². The van der Waals surface area contributed by atoms with E-state index in [1.807, 2.05) is 18.2 Å². The number of hydrogen-bond acceptors (Lipinski definition) is 2. The van der Waals surface area contributed by atoms with Crippen molar-refractivity contribution in [2.24, 2.45) is 5.73 Å². The molecule has 2 rings (SSSR count). The monoisotopic (exact) mass is 280 g/mol. The number of halogens is 1. The second-order valence-electron chi connectivity index (χ2n) is 6.07. The van der Waals surface area contributed by atoms with E-state index in [9.17, 15) is 0 Å². The molecule has 19 heavy (non-hydrogen) atoms. The van der Waals surface area contributed by atoms with Gasteiger partial charge in [0.05, 0.1) is 0 Å². The van der Waals surface area contributed by atoms with Crippen molar-refractivity contribution >= 4 is 11.6 Å². The van der Waals surface area contributed by atoms with Crippen molar-refractivity contribution in [3.05, 3.63) is 34.9 Å². The molecule has 0 spiro atoms. The Morgan fingerprint density at radius 1 is 1.32 bits per heavy atom.